The Labute approximate surface area is 421 Å². The highest BCUT2D eigenvalue weighted by Gasteiger charge is 2.55. The Kier molecular flexibility index (Phi) is 17.3. The van der Waals surface area contributed by atoms with Gasteiger partial charge in [-0.3, -0.25) is 4.98 Å². The largest absolute Gasteiger partial charge is 0.481 e. The number of pyridine rings is 3. The number of ether oxygens (including phenoxy) is 1. The second-order valence-electron chi connectivity index (χ2n) is 24.0. The van der Waals surface area contributed by atoms with Gasteiger partial charge in [-0.2, -0.15) is 0 Å². The molecule has 0 bridgehead atoms. The molecule has 0 spiro atoms. The molecule has 4 aromatic heterocycles. The summed E-state index contributed by atoms with van der Waals surface area (Å²) in [6.45, 7) is 40.9. The normalized spacial score (nSPS) is 23.8. The van der Waals surface area contributed by atoms with Gasteiger partial charge < -0.3 is 27.7 Å². The third-order valence-electron chi connectivity index (χ3n) is 18.3. The van der Waals surface area contributed by atoms with Gasteiger partial charge in [-0.1, -0.05) is 141 Å². The molecule has 5 atom stereocenters. The van der Waals surface area contributed by atoms with Crippen molar-refractivity contribution in [1.29, 1.82) is 0 Å². The number of thiazole rings is 1. The van der Waals surface area contributed by atoms with E-state index in [1.165, 1.54) is 38.5 Å². The van der Waals surface area contributed by atoms with Crippen LogP contribution in [0.1, 0.15) is 191 Å². The number of fused-ring (bicyclic) bond motifs is 4. The molecule has 0 aliphatic heterocycles. The summed E-state index contributed by atoms with van der Waals surface area (Å²) in [5.41, 5.74) is 35.2. The highest BCUT2D eigenvalue weighted by atomic mass is 35.5. The molecule has 4 heterocycles. The monoisotopic (exact) mass is 971 g/mol. The number of nitrogens with zero attached hydrogens (tertiary/aromatic N) is 4. The summed E-state index contributed by atoms with van der Waals surface area (Å²) < 4.78 is 5.24. The van der Waals surface area contributed by atoms with Crippen LogP contribution in [0.4, 0.5) is 0 Å². The average Bonchev–Trinajstić information content (AvgIpc) is 4.02. The Morgan fingerprint density at radius 1 is 0.618 bits per heavy atom. The summed E-state index contributed by atoms with van der Waals surface area (Å²) in [7, 11) is 1.66. The SMILES string of the molecule is CC(C)C1(C(C)C)Cc2nc(Cl)ccc2[C@H]1N.CC(C)C1(C(C)C)Cc2ncccc2[C@H]1N.COc1cc2c(cn1)[C@@H](N)C(C(C)C)(C(C)(C)C)C2.Cc1nc2c(s1)CC(C(C)C)(C(C)C)[C@@H]2N. The number of hydrogen-bond acceptors (Lipinski definition) is 10. The number of aryl methyl sites for hydroxylation is 1. The first-order valence-corrected chi connectivity index (χ1v) is 26.8. The smallest absolute Gasteiger partial charge is 0.213 e. The molecule has 0 amide bonds. The molecule has 0 fully saturated rings. The Balaban J connectivity index is 0.000000170. The molecule has 4 aliphatic carbocycles. The minimum atomic E-state index is 0.0425. The molecular formula is C57H91ClN8OS. The molecule has 0 saturated carbocycles. The van der Waals surface area contributed by atoms with Gasteiger partial charge in [-0.15, -0.1) is 11.3 Å². The van der Waals surface area contributed by atoms with Crippen LogP contribution in [0, 0.1) is 75.4 Å². The summed E-state index contributed by atoms with van der Waals surface area (Å²) in [6.07, 6.45) is 7.87. The average molecular weight is 972 g/mol. The number of rotatable bonds is 8. The van der Waals surface area contributed by atoms with Crippen molar-refractivity contribution < 1.29 is 4.74 Å². The minimum Gasteiger partial charge on any atom is -0.481 e. The van der Waals surface area contributed by atoms with E-state index in [1.807, 2.05) is 48.0 Å². The van der Waals surface area contributed by atoms with Crippen molar-refractivity contribution in [2.24, 2.45) is 91.4 Å². The van der Waals surface area contributed by atoms with E-state index in [0.29, 0.717) is 52.5 Å². The summed E-state index contributed by atoms with van der Waals surface area (Å²) >= 11 is 7.80. The Hall–Kier alpha value is -2.99. The maximum absolute atomic E-state index is 6.62. The Bertz CT molecular complexity index is 2300. The van der Waals surface area contributed by atoms with Crippen LogP contribution in [-0.2, 0) is 25.7 Å². The van der Waals surface area contributed by atoms with Crippen LogP contribution < -0.4 is 27.7 Å². The molecule has 0 saturated heterocycles. The molecular weight excluding hydrogens is 880 g/mol. The van der Waals surface area contributed by atoms with Gasteiger partial charge in [0.1, 0.15) is 5.15 Å². The van der Waals surface area contributed by atoms with Crippen molar-refractivity contribution in [1.82, 2.24) is 19.9 Å². The predicted molar refractivity (Wildman–Crippen MR) is 287 cm³/mol. The maximum atomic E-state index is 6.62. The van der Waals surface area contributed by atoms with Gasteiger partial charge in [0, 0.05) is 63.7 Å². The van der Waals surface area contributed by atoms with Crippen molar-refractivity contribution >= 4 is 22.9 Å². The Morgan fingerprint density at radius 3 is 1.57 bits per heavy atom. The summed E-state index contributed by atoms with van der Waals surface area (Å²) in [4.78, 5) is 19.3. The van der Waals surface area contributed by atoms with Crippen molar-refractivity contribution in [2.45, 2.75) is 174 Å². The lowest BCUT2D eigenvalue weighted by Crippen LogP contribution is -2.46. The van der Waals surface area contributed by atoms with E-state index in [1.54, 1.807) is 7.11 Å². The van der Waals surface area contributed by atoms with Crippen LogP contribution >= 0.6 is 22.9 Å². The van der Waals surface area contributed by atoms with E-state index in [4.69, 9.17) is 39.3 Å². The molecule has 0 radical (unpaired) electrons. The van der Waals surface area contributed by atoms with Gasteiger partial charge in [0.25, 0.3) is 0 Å². The lowest BCUT2D eigenvalue weighted by atomic mass is 9.57. The van der Waals surface area contributed by atoms with E-state index >= 15 is 0 Å². The highest BCUT2D eigenvalue weighted by Crippen LogP contribution is 2.60. The fraction of sp³-hybridized carbons (Fsp3) is 0.684. The lowest BCUT2D eigenvalue weighted by molar-refractivity contribution is 0.0139. The number of methoxy groups -OCH3 is 1. The lowest BCUT2D eigenvalue weighted by Gasteiger charge is -2.48. The standard InChI is InChI=1S/C16H26N2O.C14H21ClN2.C14H22N2.C13H22N2S/c1-10(2)16(15(3,4)5)8-11-7-13(19-6)18-9-12(11)14(16)17;1-8(2)14(9(3)4)7-11-10(13(14)16)5-6-12(15)17-11;1-9(2)14(10(3)4)8-12-11(13(14)15)6-5-7-16-12;1-7(2)13(8(3)4)6-10-11(12(13)14)15-9(5)16-10/h7,9-10,14H,8,17H2,1-6H3;5-6,8-9,13H,7,16H2,1-4H3;5-7,9-10,13H,8,15H2,1-4H3;7-8,12H,6,14H2,1-5H3/t14-,16?;2*13-;12-/m1111/s1. The molecule has 8 N–H and O–H groups in total. The molecule has 1 unspecified atom stereocenters. The van der Waals surface area contributed by atoms with Crippen LogP contribution in [-0.4, -0.2) is 27.0 Å². The first-order chi connectivity index (χ1) is 31.5. The highest BCUT2D eigenvalue weighted by molar-refractivity contribution is 7.11. The molecule has 9 nitrogen and oxygen atoms in total. The zero-order chi connectivity index (χ0) is 51.2. The van der Waals surface area contributed by atoms with Gasteiger partial charge in [0.05, 0.1) is 23.9 Å². The van der Waals surface area contributed by atoms with Crippen LogP contribution in [0.15, 0.2) is 42.7 Å². The second kappa shape index (κ2) is 21.0. The first-order valence-electron chi connectivity index (χ1n) is 25.6. The molecule has 4 aromatic rings. The maximum Gasteiger partial charge on any atom is 0.213 e. The van der Waals surface area contributed by atoms with Gasteiger partial charge in [0.2, 0.25) is 5.88 Å². The summed E-state index contributed by atoms with van der Waals surface area (Å²) in [5.74, 6) is 4.62. The molecule has 8 rings (SSSR count). The molecule has 0 aromatic carbocycles. The van der Waals surface area contributed by atoms with Crippen molar-refractivity contribution in [3.8, 4) is 5.88 Å². The fourth-order valence-electron chi connectivity index (χ4n) is 13.9. The van der Waals surface area contributed by atoms with Crippen LogP contribution in [0.3, 0.4) is 0 Å². The van der Waals surface area contributed by atoms with E-state index in [-0.39, 0.29) is 51.2 Å². The predicted octanol–water partition coefficient (Wildman–Crippen LogP) is 13.2. The molecule has 4 aliphatic rings. The van der Waals surface area contributed by atoms with Crippen LogP contribution in [0.25, 0.3) is 0 Å². The number of nitrogens with two attached hydrogens (primary N) is 4. The van der Waals surface area contributed by atoms with E-state index in [2.05, 4.69) is 151 Å². The molecule has 68 heavy (non-hydrogen) atoms. The van der Waals surface area contributed by atoms with Crippen molar-refractivity contribution in [3.05, 3.63) is 97.1 Å². The zero-order valence-corrected chi connectivity index (χ0v) is 47.1. The third kappa shape index (κ3) is 9.58. The van der Waals surface area contributed by atoms with Crippen molar-refractivity contribution in [3.63, 3.8) is 0 Å². The second-order valence-corrected chi connectivity index (χ2v) is 25.7. The zero-order valence-electron chi connectivity index (χ0n) is 45.5. The summed E-state index contributed by atoms with van der Waals surface area (Å²) in [6, 6.07) is 10.4. The molecule has 378 valence electrons. The van der Waals surface area contributed by atoms with Crippen molar-refractivity contribution in [2.75, 3.05) is 7.11 Å². The van der Waals surface area contributed by atoms with Gasteiger partial charge >= 0.3 is 0 Å². The van der Waals surface area contributed by atoms with E-state index in [0.717, 1.165) is 36.4 Å². The van der Waals surface area contributed by atoms with E-state index < -0.39 is 0 Å². The number of halogens is 1. The molecule has 11 heteroatoms. The topological polar surface area (TPSA) is 165 Å². The quantitative estimate of drug-likeness (QED) is 0.126. The fourth-order valence-corrected chi connectivity index (χ4v) is 15.2. The summed E-state index contributed by atoms with van der Waals surface area (Å²) in [5, 5.41) is 1.72. The minimum absolute atomic E-state index is 0.0425. The van der Waals surface area contributed by atoms with Gasteiger partial charge in [-0.25, -0.2) is 15.0 Å². The number of hydrogen-bond donors (Lipinski definition) is 4. The van der Waals surface area contributed by atoms with Crippen LogP contribution in [0.2, 0.25) is 5.15 Å². The van der Waals surface area contributed by atoms with Gasteiger partial charge in [0.15, 0.2) is 0 Å². The first kappa shape index (κ1) is 55.9. The van der Waals surface area contributed by atoms with Crippen LogP contribution in [0.5, 0.6) is 5.88 Å². The third-order valence-corrected chi connectivity index (χ3v) is 19.5. The van der Waals surface area contributed by atoms with Gasteiger partial charge in [-0.05, 0) is 125 Å². The van der Waals surface area contributed by atoms with E-state index in [9.17, 15) is 0 Å². The Morgan fingerprint density at radius 2 is 1.12 bits per heavy atom. The number of aromatic nitrogens is 4.